The van der Waals surface area contributed by atoms with Crippen molar-refractivity contribution in [2.24, 2.45) is 5.73 Å². The van der Waals surface area contributed by atoms with Crippen molar-refractivity contribution in [1.29, 1.82) is 0 Å². The van der Waals surface area contributed by atoms with Gasteiger partial charge in [-0.05, 0) is 12.1 Å². The first-order chi connectivity index (χ1) is 13.7. The monoisotopic (exact) mass is 417 g/mol. The first-order valence-corrected chi connectivity index (χ1v) is 8.50. The smallest absolute Gasteiger partial charge is 0.404 e. The maximum atomic E-state index is 11.2. The Morgan fingerprint density at radius 2 is 1.76 bits per heavy atom. The summed E-state index contributed by atoms with van der Waals surface area (Å²) in [7, 11) is 1.44. The number of hydrogen-bond acceptors (Lipinski definition) is 10. The van der Waals surface area contributed by atoms with Crippen LogP contribution in [0.4, 0.5) is 4.79 Å². The van der Waals surface area contributed by atoms with Gasteiger partial charge in [-0.15, -0.1) is 0 Å². The van der Waals surface area contributed by atoms with E-state index in [4.69, 9.17) is 29.8 Å². The summed E-state index contributed by atoms with van der Waals surface area (Å²) < 4.78 is 25.9. The topological polar surface area (TPSA) is 187 Å². The molecule has 12 heteroatoms. The largest absolute Gasteiger partial charge is 0.493 e. The van der Waals surface area contributed by atoms with Crippen molar-refractivity contribution in [1.82, 2.24) is 0 Å². The first-order valence-electron chi connectivity index (χ1n) is 8.50. The molecule has 29 heavy (non-hydrogen) atoms. The number of carboxylic acid groups (broad SMARTS) is 1. The van der Waals surface area contributed by atoms with E-state index >= 15 is 0 Å². The third-order valence-electron chi connectivity index (χ3n) is 4.04. The van der Waals surface area contributed by atoms with Crippen molar-refractivity contribution in [3.63, 3.8) is 0 Å². The molecule has 1 saturated heterocycles. The minimum absolute atomic E-state index is 0.239. The third kappa shape index (κ3) is 5.92. The zero-order chi connectivity index (χ0) is 21.6. The van der Waals surface area contributed by atoms with E-state index in [1.807, 2.05) is 0 Å². The zero-order valence-electron chi connectivity index (χ0n) is 15.4. The number of amides is 1. The van der Waals surface area contributed by atoms with E-state index in [0.29, 0.717) is 11.5 Å². The number of carboxylic acids is 1. The lowest BCUT2D eigenvalue weighted by atomic mass is 9.99. The zero-order valence-corrected chi connectivity index (χ0v) is 15.4. The van der Waals surface area contributed by atoms with Gasteiger partial charge >= 0.3 is 12.1 Å². The van der Waals surface area contributed by atoms with Crippen molar-refractivity contribution in [2.75, 3.05) is 20.3 Å². The minimum atomic E-state index is -1.87. The molecule has 162 valence electrons. The number of primary amides is 1. The predicted molar refractivity (Wildman–Crippen MR) is 93.2 cm³/mol. The summed E-state index contributed by atoms with van der Waals surface area (Å²) in [6.07, 6.45) is -11.2. The number of carbonyl (C=O) groups is 2. The number of nitrogens with two attached hydrogens (primary N) is 1. The number of methoxy groups -OCH3 is 1. The summed E-state index contributed by atoms with van der Waals surface area (Å²) in [6.45, 7) is -0.663. The van der Waals surface area contributed by atoms with Gasteiger partial charge in [0.2, 0.25) is 0 Å². The number of aliphatic carboxylic acids is 1. The van der Waals surface area contributed by atoms with Crippen molar-refractivity contribution in [3.05, 3.63) is 24.3 Å². The second kappa shape index (κ2) is 10.2. The standard InChI is InChI=1S/C17H23NO11/c1-25-9-4-2-3-5-10(9)26-6-8(7-27-17(18)24)28-16-13(21)11(19)12(20)14(29-16)15(22)23/h2-5,8,11-14,16,19-21H,6-7H2,1H3,(H2,18,24)(H,22,23)/t8?,11-,12-,13+,14-,16+/m0/s1. The Kier molecular flexibility index (Phi) is 7.99. The molecule has 6 N–H and O–H groups in total. The Hall–Kier alpha value is -2.64. The molecule has 2 rings (SSSR count). The number of aliphatic hydroxyl groups is 3. The Labute approximate surface area is 165 Å². The Balaban J connectivity index is 2.10. The van der Waals surface area contributed by atoms with Crippen LogP contribution in [0.25, 0.3) is 0 Å². The quantitative estimate of drug-likeness (QED) is 0.313. The molecule has 1 fully saturated rings. The maximum absolute atomic E-state index is 11.2. The molecule has 1 aromatic carbocycles. The average molecular weight is 417 g/mol. The van der Waals surface area contributed by atoms with Crippen LogP contribution in [0.1, 0.15) is 0 Å². The molecule has 0 spiro atoms. The molecule has 6 atom stereocenters. The minimum Gasteiger partial charge on any atom is -0.493 e. The molecule has 1 amide bonds. The van der Waals surface area contributed by atoms with Crippen LogP contribution in [0, 0.1) is 0 Å². The molecule has 1 heterocycles. The Bertz CT molecular complexity index is 700. The summed E-state index contributed by atoms with van der Waals surface area (Å²) >= 11 is 0. The Morgan fingerprint density at radius 3 is 2.34 bits per heavy atom. The molecule has 0 aliphatic carbocycles. The van der Waals surface area contributed by atoms with E-state index < -0.39 is 55.5 Å². The lowest BCUT2D eigenvalue weighted by Crippen LogP contribution is -2.61. The number of ether oxygens (including phenoxy) is 5. The molecule has 1 aliphatic heterocycles. The maximum Gasteiger partial charge on any atom is 0.404 e. The predicted octanol–water partition coefficient (Wildman–Crippen LogP) is -1.55. The van der Waals surface area contributed by atoms with Gasteiger partial charge in [-0.3, -0.25) is 0 Å². The molecular formula is C17H23NO11. The highest BCUT2D eigenvalue weighted by molar-refractivity contribution is 5.73. The fraction of sp³-hybridized carbons (Fsp3) is 0.529. The van der Waals surface area contributed by atoms with Gasteiger partial charge in [0.15, 0.2) is 23.9 Å². The summed E-state index contributed by atoms with van der Waals surface area (Å²) in [6, 6.07) is 6.67. The number of carbonyl (C=O) groups excluding carboxylic acids is 1. The second-order valence-corrected chi connectivity index (χ2v) is 6.09. The number of para-hydroxylation sites is 2. The van der Waals surface area contributed by atoms with Gasteiger partial charge in [0.05, 0.1) is 7.11 Å². The van der Waals surface area contributed by atoms with Gasteiger partial charge in [-0.2, -0.15) is 0 Å². The van der Waals surface area contributed by atoms with Crippen LogP contribution >= 0.6 is 0 Å². The number of benzene rings is 1. The molecule has 1 aliphatic rings. The summed E-state index contributed by atoms with van der Waals surface area (Å²) in [5, 5.41) is 38.7. The summed E-state index contributed by atoms with van der Waals surface area (Å²) in [5.41, 5.74) is 4.95. The fourth-order valence-electron chi connectivity index (χ4n) is 2.58. The number of aliphatic hydroxyl groups excluding tert-OH is 3. The van der Waals surface area contributed by atoms with Crippen LogP contribution in [0.5, 0.6) is 11.5 Å². The molecular weight excluding hydrogens is 394 g/mol. The SMILES string of the molecule is COc1ccccc1OCC(COC(N)=O)O[C@@H]1O[C@H](C(=O)O)[C@@H](O)[C@H](O)[C@H]1O. The fourth-order valence-corrected chi connectivity index (χ4v) is 2.58. The van der Waals surface area contributed by atoms with Crippen LogP contribution in [0.15, 0.2) is 24.3 Å². The van der Waals surface area contributed by atoms with Crippen LogP contribution in [-0.4, -0.2) is 89.6 Å². The molecule has 0 radical (unpaired) electrons. The van der Waals surface area contributed by atoms with Crippen molar-refractivity contribution in [2.45, 2.75) is 36.8 Å². The van der Waals surface area contributed by atoms with E-state index in [2.05, 4.69) is 4.74 Å². The normalized spacial score (nSPS) is 27.7. The van der Waals surface area contributed by atoms with Gasteiger partial charge in [-0.1, -0.05) is 12.1 Å². The van der Waals surface area contributed by atoms with Crippen LogP contribution in [0.2, 0.25) is 0 Å². The summed E-state index contributed by atoms with van der Waals surface area (Å²) in [4.78, 5) is 22.1. The highest BCUT2D eigenvalue weighted by Crippen LogP contribution is 2.27. The number of hydrogen-bond donors (Lipinski definition) is 5. The molecule has 1 aromatic rings. The highest BCUT2D eigenvalue weighted by atomic mass is 16.7. The Morgan fingerprint density at radius 1 is 1.10 bits per heavy atom. The molecule has 0 saturated carbocycles. The average Bonchev–Trinajstić information content (AvgIpc) is 2.69. The third-order valence-corrected chi connectivity index (χ3v) is 4.04. The molecule has 12 nitrogen and oxygen atoms in total. The molecule has 0 bridgehead atoms. The lowest BCUT2D eigenvalue weighted by Gasteiger charge is -2.39. The first kappa shape index (κ1) is 22.6. The van der Waals surface area contributed by atoms with E-state index in [9.17, 15) is 24.9 Å². The lowest BCUT2D eigenvalue weighted by molar-refractivity contribution is -0.307. The second-order valence-electron chi connectivity index (χ2n) is 6.09. The van der Waals surface area contributed by atoms with E-state index in [0.717, 1.165) is 0 Å². The van der Waals surface area contributed by atoms with Gasteiger partial charge in [-0.25, -0.2) is 9.59 Å². The van der Waals surface area contributed by atoms with Crippen molar-refractivity contribution < 1.29 is 53.7 Å². The van der Waals surface area contributed by atoms with E-state index in [-0.39, 0.29) is 6.61 Å². The van der Waals surface area contributed by atoms with E-state index in [1.54, 1.807) is 24.3 Å². The van der Waals surface area contributed by atoms with Crippen LogP contribution in [-0.2, 0) is 19.0 Å². The van der Waals surface area contributed by atoms with Crippen molar-refractivity contribution >= 4 is 12.1 Å². The van der Waals surface area contributed by atoms with Crippen LogP contribution < -0.4 is 15.2 Å². The van der Waals surface area contributed by atoms with Gasteiger partial charge in [0.1, 0.15) is 37.6 Å². The van der Waals surface area contributed by atoms with Gasteiger partial charge in [0.25, 0.3) is 0 Å². The van der Waals surface area contributed by atoms with Gasteiger partial charge in [0, 0.05) is 0 Å². The number of rotatable bonds is 9. The molecule has 1 unspecified atom stereocenters. The highest BCUT2D eigenvalue weighted by Gasteiger charge is 2.48. The summed E-state index contributed by atoms with van der Waals surface area (Å²) in [5.74, 6) is -0.806. The van der Waals surface area contributed by atoms with Crippen molar-refractivity contribution in [3.8, 4) is 11.5 Å². The van der Waals surface area contributed by atoms with E-state index in [1.165, 1.54) is 7.11 Å². The molecule has 0 aromatic heterocycles. The van der Waals surface area contributed by atoms with Gasteiger partial charge < -0.3 is 49.8 Å². The van der Waals surface area contributed by atoms with Crippen LogP contribution in [0.3, 0.4) is 0 Å².